The van der Waals surface area contributed by atoms with Gasteiger partial charge in [-0.05, 0) is 37.1 Å². The van der Waals surface area contributed by atoms with Crippen molar-refractivity contribution in [2.45, 2.75) is 42.8 Å². The summed E-state index contributed by atoms with van der Waals surface area (Å²) in [5, 5.41) is 2.57. The third kappa shape index (κ3) is 6.17. The van der Waals surface area contributed by atoms with E-state index in [9.17, 15) is 18.4 Å². The third-order valence-corrected chi connectivity index (χ3v) is 4.37. The standard InChI is InChI=1S/C16H19F2NO3S/c17-16(18)23-13-8-6-12(7-9-13)19-14(20)10-22-15(21)11-4-2-1-3-5-11/h6-9,11,16H,1-5,10H2,(H,19,20). The number of thioether (sulfide) groups is 1. The van der Waals surface area contributed by atoms with Crippen LogP contribution in [0.5, 0.6) is 0 Å². The molecule has 1 fully saturated rings. The number of hydrogen-bond acceptors (Lipinski definition) is 4. The van der Waals surface area contributed by atoms with Crippen molar-refractivity contribution < 1.29 is 23.1 Å². The molecule has 0 spiro atoms. The minimum absolute atomic E-state index is 0.0952. The number of esters is 1. The fourth-order valence-corrected chi connectivity index (χ4v) is 3.01. The van der Waals surface area contributed by atoms with Crippen LogP contribution in [-0.4, -0.2) is 24.2 Å². The van der Waals surface area contributed by atoms with E-state index in [0.717, 1.165) is 32.1 Å². The lowest BCUT2D eigenvalue weighted by Gasteiger charge is -2.19. The van der Waals surface area contributed by atoms with Gasteiger partial charge in [-0.25, -0.2) is 0 Å². The highest BCUT2D eigenvalue weighted by molar-refractivity contribution is 7.99. The average molecular weight is 343 g/mol. The Balaban J connectivity index is 1.74. The second kappa shape index (κ2) is 8.86. The van der Waals surface area contributed by atoms with E-state index in [2.05, 4.69) is 5.32 Å². The van der Waals surface area contributed by atoms with Crippen molar-refractivity contribution in [3.8, 4) is 0 Å². The Morgan fingerprint density at radius 2 is 1.83 bits per heavy atom. The second-order valence-corrected chi connectivity index (χ2v) is 6.46. The van der Waals surface area contributed by atoms with E-state index < -0.39 is 11.7 Å². The number of ether oxygens (including phenoxy) is 1. The zero-order valence-electron chi connectivity index (χ0n) is 12.6. The van der Waals surface area contributed by atoms with Crippen LogP contribution >= 0.6 is 11.8 Å². The predicted molar refractivity (Wildman–Crippen MR) is 84.5 cm³/mol. The lowest BCUT2D eigenvalue weighted by Crippen LogP contribution is -2.26. The molecule has 1 aliphatic rings. The van der Waals surface area contributed by atoms with Crippen LogP contribution < -0.4 is 5.32 Å². The highest BCUT2D eigenvalue weighted by atomic mass is 32.2. The molecule has 0 aliphatic heterocycles. The van der Waals surface area contributed by atoms with Crippen LogP contribution in [0, 0.1) is 5.92 Å². The van der Waals surface area contributed by atoms with E-state index in [1.165, 1.54) is 24.3 Å². The molecule has 1 amide bonds. The van der Waals surface area contributed by atoms with Crippen molar-refractivity contribution in [1.82, 2.24) is 0 Å². The number of amides is 1. The topological polar surface area (TPSA) is 55.4 Å². The number of alkyl halides is 2. The Morgan fingerprint density at radius 3 is 2.43 bits per heavy atom. The lowest BCUT2D eigenvalue weighted by atomic mass is 9.89. The van der Waals surface area contributed by atoms with Crippen LogP contribution in [-0.2, 0) is 14.3 Å². The maximum Gasteiger partial charge on any atom is 0.309 e. The summed E-state index contributed by atoms with van der Waals surface area (Å²) in [6.45, 7) is -0.330. The molecule has 1 aromatic rings. The smallest absolute Gasteiger partial charge is 0.309 e. The van der Waals surface area contributed by atoms with Crippen molar-refractivity contribution in [3.05, 3.63) is 24.3 Å². The molecule has 2 rings (SSSR count). The molecule has 7 heteroatoms. The first-order chi connectivity index (χ1) is 11.0. The Morgan fingerprint density at radius 1 is 1.17 bits per heavy atom. The Bertz CT molecular complexity index is 531. The summed E-state index contributed by atoms with van der Waals surface area (Å²) in [6, 6.07) is 6.07. The maximum atomic E-state index is 12.2. The van der Waals surface area contributed by atoms with Crippen molar-refractivity contribution in [3.63, 3.8) is 0 Å². The Hall–Kier alpha value is -1.63. The lowest BCUT2D eigenvalue weighted by molar-refractivity contribution is -0.152. The molecule has 0 heterocycles. The van der Waals surface area contributed by atoms with Crippen molar-refractivity contribution >= 4 is 29.3 Å². The zero-order valence-corrected chi connectivity index (χ0v) is 13.4. The molecule has 126 valence electrons. The number of rotatable bonds is 6. The Labute approximate surface area is 138 Å². The van der Waals surface area contributed by atoms with Gasteiger partial charge in [-0.2, -0.15) is 8.78 Å². The van der Waals surface area contributed by atoms with Crippen LogP contribution in [0.25, 0.3) is 0 Å². The summed E-state index contributed by atoms with van der Waals surface area (Å²) in [5.41, 5.74) is 0.474. The van der Waals surface area contributed by atoms with Gasteiger partial charge in [0, 0.05) is 10.6 Å². The first-order valence-electron chi connectivity index (χ1n) is 7.56. The summed E-state index contributed by atoms with van der Waals surface area (Å²) in [7, 11) is 0. The fraction of sp³-hybridized carbons (Fsp3) is 0.500. The zero-order chi connectivity index (χ0) is 16.7. The minimum Gasteiger partial charge on any atom is -0.455 e. The maximum absolute atomic E-state index is 12.2. The van der Waals surface area contributed by atoms with E-state index in [4.69, 9.17) is 4.74 Å². The predicted octanol–water partition coefficient (Wildman–Crippen LogP) is 4.06. The monoisotopic (exact) mass is 343 g/mol. The summed E-state index contributed by atoms with van der Waals surface area (Å²) in [6.07, 6.45) is 4.83. The minimum atomic E-state index is -2.48. The molecule has 0 radical (unpaired) electrons. The molecule has 1 N–H and O–H groups in total. The molecular weight excluding hydrogens is 324 g/mol. The van der Waals surface area contributed by atoms with E-state index >= 15 is 0 Å². The first kappa shape index (κ1) is 17.7. The van der Waals surface area contributed by atoms with E-state index in [0.29, 0.717) is 22.3 Å². The molecule has 0 unspecified atom stereocenters. The average Bonchev–Trinajstić information content (AvgIpc) is 2.55. The van der Waals surface area contributed by atoms with Gasteiger partial charge in [0.2, 0.25) is 0 Å². The second-order valence-electron chi connectivity index (χ2n) is 5.39. The van der Waals surface area contributed by atoms with Gasteiger partial charge in [-0.1, -0.05) is 31.0 Å². The number of carbonyl (C=O) groups excluding carboxylic acids is 2. The first-order valence-corrected chi connectivity index (χ1v) is 8.44. The van der Waals surface area contributed by atoms with Crippen LogP contribution in [0.3, 0.4) is 0 Å². The number of carbonyl (C=O) groups is 2. The van der Waals surface area contributed by atoms with Gasteiger partial charge in [-0.3, -0.25) is 9.59 Å². The molecule has 0 saturated heterocycles. The van der Waals surface area contributed by atoms with Crippen LogP contribution in [0.1, 0.15) is 32.1 Å². The summed E-state index contributed by atoms with van der Waals surface area (Å²) < 4.78 is 29.4. The third-order valence-electron chi connectivity index (χ3n) is 3.65. The number of halogens is 2. The number of hydrogen-bond donors (Lipinski definition) is 1. The highest BCUT2D eigenvalue weighted by Gasteiger charge is 2.23. The Kier molecular flexibility index (Phi) is 6.83. The molecule has 0 bridgehead atoms. The molecule has 1 saturated carbocycles. The summed E-state index contributed by atoms with van der Waals surface area (Å²) in [5.74, 6) is -3.33. The molecule has 23 heavy (non-hydrogen) atoms. The van der Waals surface area contributed by atoms with E-state index in [1.807, 2.05) is 0 Å². The normalized spacial score (nSPS) is 15.4. The molecule has 1 aliphatic carbocycles. The van der Waals surface area contributed by atoms with Gasteiger partial charge in [-0.15, -0.1) is 0 Å². The van der Waals surface area contributed by atoms with Crippen molar-refractivity contribution in [2.24, 2.45) is 5.92 Å². The van der Waals surface area contributed by atoms with Crippen molar-refractivity contribution in [2.75, 3.05) is 11.9 Å². The number of benzene rings is 1. The summed E-state index contributed by atoms with van der Waals surface area (Å²) in [4.78, 5) is 24.0. The summed E-state index contributed by atoms with van der Waals surface area (Å²) >= 11 is 0.441. The van der Waals surface area contributed by atoms with Crippen LogP contribution in [0.2, 0.25) is 0 Å². The van der Waals surface area contributed by atoms with Crippen molar-refractivity contribution in [1.29, 1.82) is 0 Å². The molecule has 0 atom stereocenters. The van der Waals surface area contributed by atoms with Gasteiger partial charge in [0.25, 0.3) is 11.7 Å². The molecule has 1 aromatic carbocycles. The van der Waals surface area contributed by atoms with E-state index in [1.54, 1.807) is 0 Å². The quantitative estimate of drug-likeness (QED) is 0.625. The largest absolute Gasteiger partial charge is 0.455 e. The highest BCUT2D eigenvalue weighted by Crippen LogP contribution is 2.26. The van der Waals surface area contributed by atoms with Gasteiger partial charge in [0.1, 0.15) is 0 Å². The van der Waals surface area contributed by atoms with E-state index in [-0.39, 0.29) is 18.5 Å². The van der Waals surface area contributed by atoms with Gasteiger partial charge in [0.15, 0.2) is 6.61 Å². The van der Waals surface area contributed by atoms with Crippen LogP contribution in [0.15, 0.2) is 29.2 Å². The molecular formula is C16H19F2NO3S. The van der Waals surface area contributed by atoms with Crippen LogP contribution in [0.4, 0.5) is 14.5 Å². The van der Waals surface area contributed by atoms with Gasteiger partial charge < -0.3 is 10.1 Å². The molecule has 4 nitrogen and oxygen atoms in total. The van der Waals surface area contributed by atoms with Gasteiger partial charge >= 0.3 is 5.97 Å². The number of nitrogens with one attached hydrogen (secondary N) is 1. The SMILES string of the molecule is O=C(COC(=O)C1CCCCC1)Nc1ccc(SC(F)F)cc1. The fourth-order valence-electron chi connectivity index (χ4n) is 2.51. The number of anilines is 1. The van der Waals surface area contributed by atoms with Gasteiger partial charge in [0.05, 0.1) is 5.92 Å². The molecule has 0 aromatic heterocycles.